The van der Waals surface area contributed by atoms with Gasteiger partial charge in [-0.1, -0.05) is 0 Å². The fraction of sp³-hybridized carbons (Fsp3) is 0.400. The lowest BCUT2D eigenvalue weighted by Crippen LogP contribution is -2.38. The lowest BCUT2D eigenvalue weighted by Gasteiger charge is -2.19. The van der Waals surface area contributed by atoms with Crippen molar-refractivity contribution in [2.24, 2.45) is 5.10 Å². The summed E-state index contributed by atoms with van der Waals surface area (Å²) in [5.41, 5.74) is 2.67. The summed E-state index contributed by atoms with van der Waals surface area (Å²) in [5.74, 6) is -0.0820. The topological polar surface area (TPSA) is 71.0 Å². The van der Waals surface area contributed by atoms with Crippen LogP contribution in [0.5, 0.6) is 5.75 Å². The molecule has 1 aromatic carbocycles. The van der Waals surface area contributed by atoms with Gasteiger partial charge in [-0.05, 0) is 30.7 Å². The molecule has 1 N–H and O–H groups in total. The first-order valence-corrected chi connectivity index (χ1v) is 7.05. The average Bonchev–Trinajstić information content (AvgIpc) is 2.53. The number of nitrogens with one attached hydrogen (secondary N) is 1. The van der Waals surface area contributed by atoms with Gasteiger partial charge in [0.15, 0.2) is 0 Å². The Bertz CT molecular complexity index is 572. The van der Waals surface area contributed by atoms with Crippen molar-refractivity contribution in [3.63, 3.8) is 0 Å². The number of halogens is 1. The summed E-state index contributed by atoms with van der Waals surface area (Å²) in [4.78, 5) is 24.6. The van der Waals surface area contributed by atoms with Crippen molar-refractivity contribution < 1.29 is 18.7 Å². The molecule has 0 aliphatic carbocycles. The van der Waals surface area contributed by atoms with Crippen molar-refractivity contribution in [3.8, 4) is 5.75 Å². The highest BCUT2D eigenvalue weighted by Gasteiger charge is 2.20. The van der Waals surface area contributed by atoms with Crippen LogP contribution in [0.2, 0.25) is 0 Å². The number of amides is 2. The minimum atomic E-state index is -0.307. The van der Waals surface area contributed by atoms with Gasteiger partial charge in [0.05, 0.1) is 6.61 Å². The summed E-state index contributed by atoms with van der Waals surface area (Å²) in [6.07, 6.45) is 1.28. The molecule has 1 aliphatic heterocycles. The second-order valence-corrected chi connectivity index (χ2v) is 4.98. The fourth-order valence-corrected chi connectivity index (χ4v) is 1.97. The van der Waals surface area contributed by atoms with Crippen LogP contribution in [-0.4, -0.2) is 42.6 Å². The molecule has 0 saturated heterocycles. The molecule has 7 heteroatoms. The number of hydrogen-bond donors (Lipinski definition) is 1. The van der Waals surface area contributed by atoms with Gasteiger partial charge in [-0.15, -0.1) is 0 Å². The van der Waals surface area contributed by atoms with Crippen LogP contribution in [0.3, 0.4) is 0 Å². The molecule has 0 unspecified atom stereocenters. The Kier molecular flexibility index (Phi) is 5.46. The summed E-state index contributed by atoms with van der Waals surface area (Å²) >= 11 is 0. The van der Waals surface area contributed by atoms with Crippen LogP contribution < -0.4 is 10.2 Å². The molecule has 2 rings (SSSR count). The van der Waals surface area contributed by atoms with Crippen molar-refractivity contribution in [1.29, 1.82) is 0 Å². The lowest BCUT2D eigenvalue weighted by molar-refractivity contribution is -0.123. The van der Waals surface area contributed by atoms with Crippen molar-refractivity contribution in [2.75, 3.05) is 20.2 Å². The second-order valence-electron chi connectivity index (χ2n) is 4.98. The summed E-state index contributed by atoms with van der Waals surface area (Å²) in [7, 11) is 1.68. The molecular weight excluding hydrogens is 289 g/mol. The molecule has 1 aromatic rings. The van der Waals surface area contributed by atoms with E-state index in [1.807, 2.05) is 0 Å². The van der Waals surface area contributed by atoms with E-state index in [4.69, 9.17) is 4.74 Å². The standard InChI is InChI=1S/C15H18FN3O3/c1-19(15(21)13-7-8-14(20)18-17-13)9-2-10-22-12-5-3-11(16)4-6-12/h3-6H,2,7-10H2,1H3,(H,18,20). The van der Waals surface area contributed by atoms with Gasteiger partial charge in [-0.3, -0.25) is 9.59 Å². The molecule has 0 bridgehead atoms. The van der Waals surface area contributed by atoms with Crippen molar-refractivity contribution in [3.05, 3.63) is 30.1 Å². The van der Waals surface area contributed by atoms with Gasteiger partial charge in [0.2, 0.25) is 5.91 Å². The highest BCUT2D eigenvalue weighted by molar-refractivity contribution is 6.39. The molecule has 0 aromatic heterocycles. The van der Waals surface area contributed by atoms with E-state index < -0.39 is 0 Å². The monoisotopic (exact) mass is 307 g/mol. The van der Waals surface area contributed by atoms with Gasteiger partial charge >= 0.3 is 0 Å². The zero-order valence-electron chi connectivity index (χ0n) is 12.3. The highest BCUT2D eigenvalue weighted by atomic mass is 19.1. The molecule has 0 radical (unpaired) electrons. The average molecular weight is 307 g/mol. The molecule has 22 heavy (non-hydrogen) atoms. The zero-order valence-corrected chi connectivity index (χ0v) is 12.3. The van der Waals surface area contributed by atoms with Crippen LogP contribution >= 0.6 is 0 Å². The molecule has 6 nitrogen and oxygen atoms in total. The SMILES string of the molecule is CN(CCCOc1ccc(F)cc1)C(=O)C1=NNC(=O)CC1. The second kappa shape index (κ2) is 7.53. The van der Waals surface area contributed by atoms with Crippen molar-refractivity contribution in [1.82, 2.24) is 10.3 Å². The Morgan fingerprint density at radius 3 is 2.73 bits per heavy atom. The van der Waals surface area contributed by atoms with E-state index in [9.17, 15) is 14.0 Å². The van der Waals surface area contributed by atoms with Crippen LogP contribution in [0, 0.1) is 5.82 Å². The predicted molar refractivity (Wildman–Crippen MR) is 79.0 cm³/mol. The minimum absolute atomic E-state index is 0.174. The van der Waals surface area contributed by atoms with Crippen LogP contribution in [0.15, 0.2) is 29.4 Å². The zero-order chi connectivity index (χ0) is 15.9. The van der Waals surface area contributed by atoms with Gasteiger partial charge in [0.1, 0.15) is 17.3 Å². The van der Waals surface area contributed by atoms with E-state index in [1.165, 1.54) is 12.1 Å². The van der Waals surface area contributed by atoms with E-state index in [1.54, 1.807) is 24.1 Å². The minimum Gasteiger partial charge on any atom is -0.494 e. The van der Waals surface area contributed by atoms with Gasteiger partial charge in [-0.2, -0.15) is 5.10 Å². The molecule has 0 fully saturated rings. The lowest BCUT2D eigenvalue weighted by atomic mass is 10.1. The summed E-state index contributed by atoms with van der Waals surface area (Å²) in [6, 6.07) is 5.79. The maximum Gasteiger partial charge on any atom is 0.269 e. The van der Waals surface area contributed by atoms with E-state index in [-0.39, 0.29) is 24.1 Å². The third kappa shape index (κ3) is 4.54. The molecule has 2 amide bonds. The third-order valence-electron chi connectivity index (χ3n) is 3.22. The highest BCUT2D eigenvalue weighted by Crippen LogP contribution is 2.11. The number of carbonyl (C=O) groups excluding carboxylic acids is 2. The molecule has 118 valence electrons. The van der Waals surface area contributed by atoms with Crippen LogP contribution in [0.4, 0.5) is 4.39 Å². The first-order valence-electron chi connectivity index (χ1n) is 7.05. The Morgan fingerprint density at radius 1 is 1.36 bits per heavy atom. The maximum absolute atomic E-state index is 12.7. The fourth-order valence-electron chi connectivity index (χ4n) is 1.97. The molecule has 1 aliphatic rings. The third-order valence-corrected chi connectivity index (χ3v) is 3.22. The number of benzene rings is 1. The summed E-state index contributed by atoms with van der Waals surface area (Å²) in [5, 5.41) is 3.77. The van der Waals surface area contributed by atoms with Gasteiger partial charge < -0.3 is 9.64 Å². The first kappa shape index (κ1) is 15.9. The number of hydrogen-bond acceptors (Lipinski definition) is 4. The van der Waals surface area contributed by atoms with E-state index in [2.05, 4.69) is 10.5 Å². The quantitative estimate of drug-likeness (QED) is 0.806. The van der Waals surface area contributed by atoms with Crippen molar-refractivity contribution >= 4 is 17.5 Å². The molecule has 0 saturated carbocycles. The van der Waals surface area contributed by atoms with Crippen LogP contribution in [0.25, 0.3) is 0 Å². The van der Waals surface area contributed by atoms with E-state index in [0.717, 1.165) is 0 Å². The number of hydrazone groups is 1. The molecule has 0 atom stereocenters. The normalized spacial score (nSPS) is 14.1. The molecular formula is C15H18FN3O3. The van der Waals surface area contributed by atoms with E-state index >= 15 is 0 Å². The largest absolute Gasteiger partial charge is 0.494 e. The van der Waals surface area contributed by atoms with Crippen LogP contribution in [0.1, 0.15) is 19.3 Å². The number of carbonyl (C=O) groups is 2. The Hall–Kier alpha value is -2.44. The number of ether oxygens (including phenoxy) is 1. The van der Waals surface area contributed by atoms with Gasteiger partial charge in [0, 0.05) is 26.4 Å². The molecule has 0 spiro atoms. The Balaban J connectivity index is 1.71. The first-order chi connectivity index (χ1) is 10.6. The predicted octanol–water partition coefficient (Wildman–Crippen LogP) is 1.32. The summed E-state index contributed by atoms with van der Waals surface area (Å²) < 4.78 is 18.2. The summed E-state index contributed by atoms with van der Waals surface area (Å²) in [6.45, 7) is 0.930. The van der Waals surface area contributed by atoms with Crippen LogP contribution in [-0.2, 0) is 9.59 Å². The Morgan fingerprint density at radius 2 is 2.09 bits per heavy atom. The molecule has 1 heterocycles. The maximum atomic E-state index is 12.7. The van der Waals surface area contributed by atoms with Gasteiger partial charge in [0.25, 0.3) is 5.91 Å². The van der Waals surface area contributed by atoms with Gasteiger partial charge in [-0.25, -0.2) is 9.82 Å². The Labute approximate surface area is 127 Å². The number of rotatable bonds is 6. The van der Waals surface area contributed by atoms with Crippen molar-refractivity contribution in [2.45, 2.75) is 19.3 Å². The smallest absolute Gasteiger partial charge is 0.269 e. The van der Waals surface area contributed by atoms with E-state index in [0.29, 0.717) is 37.5 Å². The number of nitrogens with zero attached hydrogens (tertiary/aromatic N) is 2.